The van der Waals surface area contributed by atoms with E-state index in [1.54, 1.807) is 0 Å². The summed E-state index contributed by atoms with van der Waals surface area (Å²) in [4.78, 5) is 11.4. The topological polar surface area (TPSA) is 29.1 Å². The van der Waals surface area contributed by atoms with Gasteiger partial charge >= 0.3 is 0 Å². The van der Waals surface area contributed by atoms with Gasteiger partial charge in [0, 0.05) is 6.42 Å². The molecule has 1 atom stereocenters. The van der Waals surface area contributed by atoms with E-state index in [4.69, 9.17) is 0 Å². The molecule has 1 fully saturated rings. The summed E-state index contributed by atoms with van der Waals surface area (Å²) in [6.07, 6.45) is 3.91. The number of carbonyl (C=O) groups is 1. The molecule has 0 spiro atoms. The Bertz CT molecular complexity index is 307. The summed E-state index contributed by atoms with van der Waals surface area (Å²) in [5, 5.41) is 3.06. The van der Waals surface area contributed by atoms with E-state index in [0.29, 0.717) is 6.42 Å². The first-order chi connectivity index (χ1) is 6.86. The van der Waals surface area contributed by atoms with Gasteiger partial charge in [0.1, 0.15) is 0 Å². The molecular weight excluding hydrogens is 174 g/mol. The van der Waals surface area contributed by atoms with Crippen LogP contribution >= 0.6 is 0 Å². The predicted octanol–water partition coefficient (Wildman–Crippen LogP) is 2.42. The lowest BCUT2D eigenvalue weighted by Gasteiger charge is -2.15. The Morgan fingerprint density at radius 2 is 1.93 bits per heavy atom. The molecule has 1 amide bonds. The third kappa shape index (κ3) is 2.13. The highest BCUT2D eigenvalue weighted by Gasteiger charge is 2.17. The van der Waals surface area contributed by atoms with Crippen LogP contribution in [0.25, 0.3) is 0 Å². The van der Waals surface area contributed by atoms with Crippen LogP contribution in [0.3, 0.4) is 0 Å². The molecule has 0 radical (unpaired) electrons. The van der Waals surface area contributed by atoms with Crippen molar-refractivity contribution < 1.29 is 4.79 Å². The SMILES string of the molecule is O=C1CCCC[C@@H](c2ccccc2)N1. The fraction of sp³-hybridized carbons (Fsp3) is 0.417. The fourth-order valence-electron chi connectivity index (χ4n) is 1.91. The molecule has 0 saturated carbocycles. The van der Waals surface area contributed by atoms with Crippen LogP contribution in [-0.4, -0.2) is 5.91 Å². The van der Waals surface area contributed by atoms with Crippen molar-refractivity contribution in [2.24, 2.45) is 0 Å². The van der Waals surface area contributed by atoms with E-state index >= 15 is 0 Å². The molecule has 0 unspecified atom stereocenters. The summed E-state index contributed by atoms with van der Waals surface area (Å²) in [6, 6.07) is 10.4. The second-order valence-corrected chi connectivity index (χ2v) is 3.78. The molecule has 1 aliphatic heterocycles. The molecule has 0 aromatic heterocycles. The molecule has 2 nitrogen and oxygen atoms in total. The van der Waals surface area contributed by atoms with Crippen molar-refractivity contribution >= 4 is 5.91 Å². The standard InChI is InChI=1S/C12H15NO/c14-12-9-5-4-8-11(13-12)10-6-2-1-3-7-10/h1-3,6-7,11H,4-5,8-9H2,(H,13,14)/t11-/m0/s1. The van der Waals surface area contributed by atoms with E-state index in [1.807, 2.05) is 18.2 Å². The van der Waals surface area contributed by atoms with Crippen molar-refractivity contribution in [3.63, 3.8) is 0 Å². The van der Waals surface area contributed by atoms with Crippen molar-refractivity contribution in [2.75, 3.05) is 0 Å². The van der Waals surface area contributed by atoms with Crippen LogP contribution in [0.4, 0.5) is 0 Å². The summed E-state index contributed by atoms with van der Waals surface area (Å²) in [7, 11) is 0. The van der Waals surface area contributed by atoms with Gasteiger partial charge in [-0.3, -0.25) is 4.79 Å². The first-order valence-electron chi connectivity index (χ1n) is 5.20. The van der Waals surface area contributed by atoms with Crippen LogP contribution in [0.1, 0.15) is 37.3 Å². The quantitative estimate of drug-likeness (QED) is 0.722. The van der Waals surface area contributed by atoms with Crippen molar-refractivity contribution in [1.82, 2.24) is 5.32 Å². The maximum absolute atomic E-state index is 11.4. The Labute approximate surface area is 84.3 Å². The lowest BCUT2D eigenvalue weighted by atomic mass is 10.0. The van der Waals surface area contributed by atoms with E-state index in [1.165, 1.54) is 5.56 Å². The highest BCUT2D eigenvalue weighted by molar-refractivity contribution is 5.76. The Morgan fingerprint density at radius 3 is 2.71 bits per heavy atom. The second-order valence-electron chi connectivity index (χ2n) is 3.78. The first-order valence-corrected chi connectivity index (χ1v) is 5.20. The molecule has 1 aliphatic rings. The largest absolute Gasteiger partial charge is 0.349 e. The third-order valence-electron chi connectivity index (χ3n) is 2.68. The number of nitrogens with one attached hydrogen (secondary N) is 1. The Morgan fingerprint density at radius 1 is 1.14 bits per heavy atom. The molecular formula is C12H15NO. The number of carbonyl (C=O) groups excluding carboxylic acids is 1. The molecule has 2 rings (SSSR count). The van der Waals surface area contributed by atoms with Gasteiger partial charge in [0.15, 0.2) is 0 Å². The smallest absolute Gasteiger partial charge is 0.220 e. The molecule has 0 bridgehead atoms. The minimum Gasteiger partial charge on any atom is -0.349 e. The summed E-state index contributed by atoms with van der Waals surface area (Å²) >= 11 is 0. The van der Waals surface area contributed by atoms with E-state index in [2.05, 4.69) is 17.4 Å². The monoisotopic (exact) mass is 189 g/mol. The van der Waals surface area contributed by atoms with Crippen LogP contribution in [0, 0.1) is 0 Å². The normalized spacial score (nSPS) is 22.6. The van der Waals surface area contributed by atoms with Gasteiger partial charge in [-0.2, -0.15) is 0 Å². The Balaban J connectivity index is 2.13. The predicted molar refractivity (Wildman–Crippen MR) is 55.8 cm³/mol. The van der Waals surface area contributed by atoms with E-state index in [-0.39, 0.29) is 11.9 Å². The van der Waals surface area contributed by atoms with Gasteiger partial charge in [0.25, 0.3) is 0 Å². The summed E-state index contributed by atoms with van der Waals surface area (Å²) < 4.78 is 0. The van der Waals surface area contributed by atoms with Gasteiger partial charge in [0.2, 0.25) is 5.91 Å². The van der Waals surface area contributed by atoms with Gasteiger partial charge in [-0.1, -0.05) is 36.8 Å². The molecule has 74 valence electrons. The summed E-state index contributed by atoms with van der Waals surface area (Å²) in [6.45, 7) is 0. The highest BCUT2D eigenvalue weighted by Crippen LogP contribution is 2.22. The minimum absolute atomic E-state index is 0.191. The van der Waals surface area contributed by atoms with Gasteiger partial charge in [-0.15, -0.1) is 0 Å². The van der Waals surface area contributed by atoms with Crippen molar-refractivity contribution in [3.8, 4) is 0 Å². The molecule has 2 heteroatoms. The maximum Gasteiger partial charge on any atom is 0.220 e. The van der Waals surface area contributed by atoms with Gasteiger partial charge in [-0.05, 0) is 18.4 Å². The number of hydrogen-bond donors (Lipinski definition) is 1. The molecule has 0 aliphatic carbocycles. The highest BCUT2D eigenvalue weighted by atomic mass is 16.1. The average molecular weight is 189 g/mol. The minimum atomic E-state index is 0.191. The van der Waals surface area contributed by atoms with Crippen molar-refractivity contribution in [2.45, 2.75) is 31.7 Å². The lowest BCUT2D eigenvalue weighted by molar-refractivity contribution is -0.121. The maximum atomic E-state index is 11.4. The zero-order valence-electron chi connectivity index (χ0n) is 8.20. The molecule has 1 heterocycles. The molecule has 1 aromatic carbocycles. The number of rotatable bonds is 1. The Hall–Kier alpha value is -1.31. The first kappa shape index (κ1) is 9.25. The lowest BCUT2D eigenvalue weighted by Crippen LogP contribution is -2.25. The summed E-state index contributed by atoms with van der Waals surface area (Å²) in [5.41, 5.74) is 1.22. The van der Waals surface area contributed by atoms with E-state index < -0.39 is 0 Å². The van der Waals surface area contributed by atoms with Crippen LogP contribution in [0.2, 0.25) is 0 Å². The second kappa shape index (κ2) is 4.27. The molecule has 1 saturated heterocycles. The van der Waals surface area contributed by atoms with Gasteiger partial charge in [0.05, 0.1) is 6.04 Å². The molecule has 1 N–H and O–H groups in total. The van der Waals surface area contributed by atoms with E-state index in [9.17, 15) is 4.79 Å². The Kier molecular flexibility index (Phi) is 2.82. The molecule has 1 aromatic rings. The number of benzene rings is 1. The van der Waals surface area contributed by atoms with Gasteiger partial charge < -0.3 is 5.32 Å². The van der Waals surface area contributed by atoms with Crippen molar-refractivity contribution in [3.05, 3.63) is 35.9 Å². The van der Waals surface area contributed by atoms with Gasteiger partial charge in [-0.25, -0.2) is 0 Å². The average Bonchev–Trinajstić information content (AvgIpc) is 2.44. The summed E-state index contributed by atoms with van der Waals surface area (Å²) in [5.74, 6) is 0.191. The zero-order chi connectivity index (χ0) is 9.80. The van der Waals surface area contributed by atoms with Crippen LogP contribution < -0.4 is 5.32 Å². The third-order valence-corrected chi connectivity index (χ3v) is 2.68. The number of hydrogen-bond acceptors (Lipinski definition) is 1. The van der Waals surface area contributed by atoms with Crippen molar-refractivity contribution in [1.29, 1.82) is 0 Å². The van der Waals surface area contributed by atoms with Crippen LogP contribution in [0.5, 0.6) is 0 Å². The fourth-order valence-corrected chi connectivity index (χ4v) is 1.91. The molecule has 14 heavy (non-hydrogen) atoms. The van der Waals surface area contributed by atoms with E-state index in [0.717, 1.165) is 19.3 Å². The van der Waals surface area contributed by atoms with Crippen LogP contribution in [-0.2, 0) is 4.79 Å². The zero-order valence-corrected chi connectivity index (χ0v) is 8.20. The number of amides is 1. The van der Waals surface area contributed by atoms with Crippen LogP contribution in [0.15, 0.2) is 30.3 Å².